The predicted molar refractivity (Wildman–Crippen MR) is 124 cm³/mol. The summed E-state index contributed by atoms with van der Waals surface area (Å²) in [5.41, 5.74) is 0. The molecule has 0 N–H and O–H groups in total. The zero-order chi connectivity index (χ0) is 21.3. The topological polar surface area (TPSA) is 52.6 Å². The van der Waals surface area contributed by atoms with E-state index in [-0.39, 0.29) is 11.9 Å². The molecule has 0 rings (SSSR count). The Kier molecular flexibility index (Phi) is 28.4. The summed E-state index contributed by atoms with van der Waals surface area (Å²) in [6.45, 7) is 8.07. The highest BCUT2D eigenvalue weighted by atomic mass is 32.2. The average Bonchev–Trinajstić information content (AvgIpc) is 2.72. The Balaban J connectivity index is 0. The van der Waals surface area contributed by atoms with Crippen LogP contribution in [0.15, 0.2) is 0 Å². The van der Waals surface area contributed by atoms with E-state index in [0.717, 1.165) is 24.3 Å². The molecule has 28 heavy (non-hydrogen) atoms. The summed E-state index contributed by atoms with van der Waals surface area (Å²) in [5.74, 6) is 1.66. The standard InChI is InChI=1S/2C11H22O2S/c2*1-3-5-6-7-8-9-10-14-13-11(12)4-2/h2*3-10H2,1-2H3. The van der Waals surface area contributed by atoms with Crippen LogP contribution in [0.5, 0.6) is 0 Å². The first kappa shape index (κ1) is 29.8. The minimum Gasteiger partial charge on any atom is -0.391 e. The molecule has 0 fully saturated rings. The highest BCUT2D eigenvalue weighted by Crippen LogP contribution is 2.12. The van der Waals surface area contributed by atoms with Crippen molar-refractivity contribution in [1.82, 2.24) is 0 Å². The maximum atomic E-state index is 10.7. The molecule has 0 aromatic carbocycles. The van der Waals surface area contributed by atoms with E-state index in [1.165, 1.54) is 88.3 Å². The van der Waals surface area contributed by atoms with Crippen molar-refractivity contribution in [3.8, 4) is 0 Å². The van der Waals surface area contributed by atoms with E-state index in [1.807, 2.05) is 13.8 Å². The van der Waals surface area contributed by atoms with Gasteiger partial charge in [-0.05, 0) is 12.8 Å². The van der Waals surface area contributed by atoms with Gasteiger partial charge in [-0.3, -0.25) is 9.59 Å². The zero-order valence-corrected chi connectivity index (χ0v) is 20.4. The van der Waals surface area contributed by atoms with Crippen LogP contribution in [0.3, 0.4) is 0 Å². The monoisotopic (exact) mass is 436 g/mol. The van der Waals surface area contributed by atoms with Gasteiger partial charge in [0.05, 0.1) is 24.1 Å². The molecule has 0 aromatic rings. The van der Waals surface area contributed by atoms with Crippen molar-refractivity contribution >= 4 is 36.0 Å². The Morgan fingerprint density at radius 3 is 1.18 bits per heavy atom. The summed E-state index contributed by atoms with van der Waals surface area (Å²) in [6, 6.07) is 0. The van der Waals surface area contributed by atoms with Crippen LogP contribution < -0.4 is 0 Å². The highest BCUT2D eigenvalue weighted by molar-refractivity contribution is 7.95. The van der Waals surface area contributed by atoms with E-state index in [0.29, 0.717) is 12.8 Å². The van der Waals surface area contributed by atoms with E-state index in [2.05, 4.69) is 13.8 Å². The molecule has 4 nitrogen and oxygen atoms in total. The number of hydrogen-bond donors (Lipinski definition) is 0. The second-order valence-electron chi connectivity index (χ2n) is 6.80. The van der Waals surface area contributed by atoms with Crippen molar-refractivity contribution in [2.45, 2.75) is 118 Å². The molecular formula is C22H44O4S2. The fraction of sp³-hybridized carbons (Fsp3) is 0.909. The van der Waals surface area contributed by atoms with Gasteiger partial charge in [0.2, 0.25) is 0 Å². The normalized spacial score (nSPS) is 10.1. The molecule has 0 aliphatic rings. The molecule has 0 spiro atoms. The van der Waals surface area contributed by atoms with Crippen LogP contribution in [-0.2, 0) is 18.0 Å². The Bertz CT molecular complexity index is 306. The number of hydrogen-bond acceptors (Lipinski definition) is 6. The average molecular weight is 437 g/mol. The molecule has 0 aliphatic heterocycles. The van der Waals surface area contributed by atoms with Gasteiger partial charge in [0, 0.05) is 24.3 Å². The molecule has 0 amide bonds. The van der Waals surface area contributed by atoms with Gasteiger partial charge < -0.3 is 8.37 Å². The van der Waals surface area contributed by atoms with E-state index in [9.17, 15) is 9.59 Å². The van der Waals surface area contributed by atoms with Crippen LogP contribution in [0.2, 0.25) is 0 Å². The van der Waals surface area contributed by atoms with E-state index in [1.54, 1.807) is 0 Å². The lowest BCUT2D eigenvalue weighted by Gasteiger charge is -2.01. The number of unbranched alkanes of at least 4 members (excludes halogenated alkanes) is 10. The third-order valence-electron chi connectivity index (χ3n) is 4.04. The van der Waals surface area contributed by atoms with Gasteiger partial charge in [-0.15, -0.1) is 0 Å². The van der Waals surface area contributed by atoms with Gasteiger partial charge in [-0.1, -0.05) is 91.9 Å². The van der Waals surface area contributed by atoms with Gasteiger partial charge in [-0.25, -0.2) is 0 Å². The first-order valence-electron chi connectivity index (χ1n) is 11.3. The molecule has 168 valence electrons. The largest absolute Gasteiger partial charge is 0.391 e. The summed E-state index contributed by atoms with van der Waals surface area (Å²) >= 11 is 2.60. The van der Waals surface area contributed by atoms with Crippen molar-refractivity contribution in [3.63, 3.8) is 0 Å². The smallest absolute Gasteiger partial charge is 0.317 e. The van der Waals surface area contributed by atoms with E-state index < -0.39 is 0 Å². The molecular weight excluding hydrogens is 392 g/mol. The third-order valence-corrected chi connectivity index (χ3v) is 5.56. The lowest BCUT2D eigenvalue weighted by atomic mass is 10.1. The summed E-state index contributed by atoms with van der Waals surface area (Å²) in [5, 5.41) is 0. The SMILES string of the molecule is CCCCCCCCSOC(=O)CC.CCCCCCCCSOC(=O)CC. The molecule has 0 saturated carbocycles. The van der Waals surface area contributed by atoms with E-state index in [4.69, 9.17) is 8.37 Å². The highest BCUT2D eigenvalue weighted by Gasteiger charge is 1.99. The fourth-order valence-corrected chi connectivity index (χ4v) is 3.52. The molecule has 0 aromatic heterocycles. The minimum absolute atomic E-state index is 0.110. The fourth-order valence-electron chi connectivity index (χ4n) is 2.22. The summed E-state index contributed by atoms with van der Waals surface area (Å²) < 4.78 is 9.79. The molecule has 0 atom stereocenters. The van der Waals surface area contributed by atoms with Gasteiger partial charge in [0.15, 0.2) is 0 Å². The van der Waals surface area contributed by atoms with Crippen LogP contribution in [0, 0.1) is 0 Å². The molecule has 6 heteroatoms. The van der Waals surface area contributed by atoms with Crippen molar-refractivity contribution in [1.29, 1.82) is 0 Å². The van der Waals surface area contributed by atoms with Crippen LogP contribution >= 0.6 is 24.1 Å². The maximum Gasteiger partial charge on any atom is 0.317 e. The number of rotatable bonds is 18. The summed E-state index contributed by atoms with van der Waals surface area (Å²) in [7, 11) is 0. The first-order valence-corrected chi connectivity index (χ1v) is 13.1. The van der Waals surface area contributed by atoms with Crippen LogP contribution in [-0.4, -0.2) is 23.4 Å². The minimum atomic E-state index is -0.110. The molecule has 0 aliphatic carbocycles. The van der Waals surface area contributed by atoms with Crippen molar-refractivity contribution in [2.24, 2.45) is 0 Å². The Labute approximate surface area is 183 Å². The predicted octanol–water partition coefficient (Wildman–Crippen LogP) is 7.90. The zero-order valence-electron chi connectivity index (χ0n) is 18.8. The van der Waals surface area contributed by atoms with Crippen molar-refractivity contribution < 1.29 is 18.0 Å². The molecule has 0 heterocycles. The lowest BCUT2D eigenvalue weighted by molar-refractivity contribution is -0.133. The second-order valence-corrected chi connectivity index (χ2v) is 8.42. The van der Waals surface area contributed by atoms with Gasteiger partial charge in [0.1, 0.15) is 0 Å². The van der Waals surface area contributed by atoms with Crippen molar-refractivity contribution in [2.75, 3.05) is 11.5 Å². The van der Waals surface area contributed by atoms with Gasteiger partial charge in [0.25, 0.3) is 0 Å². The maximum absolute atomic E-state index is 10.7. The number of carbonyl (C=O) groups excluding carboxylic acids is 2. The Morgan fingerprint density at radius 1 is 0.536 bits per heavy atom. The van der Waals surface area contributed by atoms with E-state index >= 15 is 0 Å². The summed E-state index contributed by atoms with van der Waals surface area (Å²) in [6.07, 6.45) is 16.4. The third kappa shape index (κ3) is 27.9. The first-order chi connectivity index (χ1) is 13.6. The molecule has 0 radical (unpaired) electrons. The summed E-state index contributed by atoms with van der Waals surface area (Å²) in [4.78, 5) is 21.5. The Hall–Kier alpha value is -0.360. The molecule has 0 unspecified atom stereocenters. The molecule has 0 bridgehead atoms. The Morgan fingerprint density at radius 2 is 0.857 bits per heavy atom. The van der Waals surface area contributed by atoms with Crippen LogP contribution in [0.4, 0.5) is 0 Å². The van der Waals surface area contributed by atoms with Crippen LogP contribution in [0.1, 0.15) is 118 Å². The quantitative estimate of drug-likeness (QED) is 0.161. The number of carbonyl (C=O) groups is 2. The van der Waals surface area contributed by atoms with Gasteiger partial charge in [-0.2, -0.15) is 0 Å². The second kappa shape index (κ2) is 26.6. The van der Waals surface area contributed by atoms with Gasteiger partial charge >= 0.3 is 11.9 Å². The van der Waals surface area contributed by atoms with Crippen LogP contribution in [0.25, 0.3) is 0 Å². The molecule has 0 saturated heterocycles. The van der Waals surface area contributed by atoms with Crippen molar-refractivity contribution in [3.05, 3.63) is 0 Å². The lowest BCUT2D eigenvalue weighted by Crippen LogP contribution is -1.96.